The highest BCUT2D eigenvalue weighted by Crippen LogP contribution is 2.20. The van der Waals surface area contributed by atoms with Gasteiger partial charge in [0.25, 0.3) is 0 Å². The van der Waals surface area contributed by atoms with E-state index in [4.69, 9.17) is 17.3 Å². The smallest absolute Gasteiger partial charge is 0.126 e. The third-order valence-electron chi connectivity index (χ3n) is 2.66. The third-order valence-corrected chi connectivity index (χ3v) is 3.01. The SMILES string of the molecule is Cc1cc(Cl)c(CNCCCC(C)N)cc1F. The summed E-state index contributed by atoms with van der Waals surface area (Å²) in [5.74, 6) is -0.207. The molecule has 0 amide bonds. The van der Waals surface area contributed by atoms with Gasteiger partial charge >= 0.3 is 0 Å². The van der Waals surface area contributed by atoms with Crippen molar-refractivity contribution < 1.29 is 4.39 Å². The van der Waals surface area contributed by atoms with Gasteiger partial charge in [-0.15, -0.1) is 0 Å². The van der Waals surface area contributed by atoms with Gasteiger partial charge in [-0.1, -0.05) is 11.6 Å². The van der Waals surface area contributed by atoms with Gasteiger partial charge in [0.15, 0.2) is 0 Å². The molecule has 17 heavy (non-hydrogen) atoms. The largest absolute Gasteiger partial charge is 0.328 e. The predicted molar refractivity (Wildman–Crippen MR) is 70.7 cm³/mol. The number of halogens is 2. The fraction of sp³-hybridized carbons (Fsp3) is 0.538. The Morgan fingerprint density at radius 3 is 2.82 bits per heavy atom. The topological polar surface area (TPSA) is 38.0 Å². The van der Waals surface area contributed by atoms with Crippen LogP contribution in [0.5, 0.6) is 0 Å². The Balaban J connectivity index is 2.39. The number of rotatable bonds is 6. The minimum absolute atomic E-state index is 0.207. The first-order valence-corrected chi connectivity index (χ1v) is 6.29. The van der Waals surface area contributed by atoms with Crippen LogP contribution in [0.1, 0.15) is 30.9 Å². The molecule has 0 aromatic heterocycles. The summed E-state index contributed by atoms with van der Waals surface area (Å²) in [5.41, 5.74) is 7.03. The maximum atomic E-state index is 13.3. The maximum Gasteiger partial charge on any atom is 0.126 e. The molecule has 2 nitrogen and oxygen atoms in total. The van der Waals surface area contributed by atoms with E-state index in [1.54, 1.807) is 13.0 Å². The molecular formula is C13H20ClFN2. The molecule has 0 radical (unpaired) electrons. The minimum Gasteiger partial charge on any atom is -0.328 e. The van der Waals surface area contributed by atoms with Crippen LogP contribution >= 0.6 is 11.6 Å². The highest BCUT2D eigenvalue weighted by molar-refractivity contribution is 6.31. The molecule has 1 rings (SSSR count). The molecule has 96 valence electrons. The Morgan fingerprint density at radius 1 is 1.47 bits per heavy atom. The van der Waals surface area contributed by atoms with Gasteiger partial charge in [0.2, 0.25) is 0 Å². The highest BCUT2D eigenvalue weighted by Gasteiger charge is 2.05. The fourth-order valence-corrected chi connectivity index (χ4v) is 1.88. The van der Waals surface area contributed by atoms with Gasteiger partial charge in [-0.05, 0) is 56.5 Å². The van der Waals surface area contributed by atoms with Crippen LogP contribution in [0.2, 0.25) is 5.02 Å². The van der Waals surface area contributed by atoms with Crippen LogP contribution in [-0.4, -0.2) is 12.6 Å². The average Bonchev–Trinajstić information content (AvgIpc) is 2.24. The van der Waals surface area contributed by atoms with Crippen molar-refractivity contribution in [2.75, 3.05) is 6.54 Å². The lowest BCUT2D eigenvalue weighted by Gasteiger charge is -2.09. The van der Waals surface area contributed by atoms with Crippen LogP contribution in [0, 0.1) is 12.7 Å². The van der Waals surface area contributed by atoms with E-state index in [0.717, 1.165) is 24.9 Å². The number of aryl methyl sites for hydroxylation is 1. The zero-order chi connectivity index (χ0) is 12.8. The Labute approximate surface area is 107 Å². The first-order valence-electron chi connectivity index (χ1n) is 5.91. The number of nitrogens with two attached hydrogens (primary N) is 1. The van der Waals surface area contributed by atoms with Gasteiger partial charge in [0, 0.05) is 17.6 Å². The van der Waals surface area contributed by atoms with Crippen molar-refractivity contribution >= 4 is 11.6 Å². The number of benzene rings is 1. The van der Waals surface area contributed by atoms with Crippen LogP contribution in [0.4, 0.5) is 4.39 Å². The molecule has 0 saturated heterocycles. The van der Waals surface area contributed by atoms with Gasteiger partial charge in [0.05, 0.1) is 0 Å². The molecule has 0 saturated carbocycles. The summed E-state index contributed by atoms with van der Waals surface area (Å²) in [7, 11) is 0. The number of nitrogens with one attached hydrogen (secondary N) is 1. The average molecular weight is 259 g/mol. The van der Waals surface area contributed by atoms with Crippen molar-refractivity contribution in [2.24, 2.45) is 5.73 Å². The lowest BCUT2D eigenvalue weighted by molar-refractivity contribution is 0.571. The van der Waals surface area contributed by atoms with E-state index >= 15 is 0 Å². The molecule has 0 heterocycles. The van der Waals surface area contributed by atoms with Crippen molar-refractivity contribution in [3.05, 3.63) is 34.1 Å². The lowest BCUT2D eigenvalue weighted by atomic mass is 10.1. The van der Waals surface area contributed by atoms with Crippen molar-refractivity contribution in [3.8, 4) is 0 Å². The summed E-state index contributed by atoms with van der Waals surface area (Å²) in [6, 6.07) is 3.39. The molecule has 0 fully saturated rings. The molecular weight excluding hydrogens is 239 g/mol. The lowest BCUT2D eigenvalue weighted by Crippen LogP contribution is -2.20. The Bertz CT molecular complexity index is 367. The van der Waals surface area contributed by atoms with Crippen molar-refractivity contribution in [1.29, 1.82) is 0 Å². The van der Waals surface area contributed by atoms with Crippen LogP contribution < -0.4 is 11.1 Å². The molecule has 0 aliphatic rings. The van der Waals surface area contributed by atoms with Crippen LogP contribution in [0.15, 0.2) is 12.1 Å². The third kappa shape index (κ3) is 5.02. The molecule has 0 bridgehead atoms. The summed E-state index contributed by atoms with van der Waals surface area (Å²) in [6.45, 7) is 5.16. The van der Waals surface area contributed by atoms with Gasteiger partial charge in [-0.3, -0.25) is 0 Å². The fourth-order valence-electron chi connectivity index (χ4n) is 1.60. The monoisotopic (exact) mass is 258 g/mol. The summed E-state index contributed by atoms with van der Waals surface area (Å²) in [5, 5.41) is 3.85. The number of hydrogen-bond acceptors (Lipinski definition) is 2. The van der Waals surface area contributed by atoms with Crippen molar-refractivity contribution in [2.45, 2.75) is 39.3 Å². The van der Waals surface area contributed by atoms with E-state index in [9.17, 15) is 4.39 Å². The molecule has 1 atom stereocenters. The molecule has 4 heteroatoms. The van der Waals surface area contributed by atoms with Crippen molar-refractivity contribution in [3.63, 3.8) is 0 Å². The molecule has 0 aliphatic carbocycles. The number of hydrogen-bond donors (Lipinski definition) is 2. The molecule has 1 aromatic carbocycles. The standard InChI is InChI=1S/C13H20ClFN2/c1-9-6-12(14)11(7-13(9)15)8-17-5-3-4-10(2)16/h6-7,10,17H,3-5,8,16H2,1-2H3. The summed E-state index contributed by atoms with van der Waals surface area (Å²) in [6.07, 6.45) is 2.01. The zero-order valence-electron chi connectivity index (χ0n) is 10.4. The van der Waals surface area contributed by atoms with Crippen LogP contribution in [0.25, 0.3) is 0 Å². The van der Waals surface area contributed by atoms with E-state index < -0.39 is 0 Å². The van der Waals surface area contributed by atoms with Crippen LogP contribution in [-0.2, 0) is 6.54 Å². The summed E-state index contributed by atoms with van der Waals surface area (Å²) >= 11 is 6.04. The Hall–Kier alpha value is -0.640. The second-order valence-electron chi connectivity index (χ2n) is 4.49. The Kier molecular flexibility index (Phi) is 5.89. The molecule has 0 spiro atoms. The second kappa shape index (κ2) is 6.94. The molecule has 1 aromatic rings. The van der Waals surface area contributed by atoms with E-state index in [1.165, 1.54) is 6.07 Å². The molecule has 0 aliphatic heterocycles. The van der Waals surface area contributed by atoms with Crippen LogP contribution in [0.3, 0.4) is 0 Å². The van der Waals surface area contributed by atoms with Gasteiger partial charge in [-0.2, -0.15) is 0 Å². The summed E-state index contributed by atoms with van der Waals surface area (Å²) in [4.78, 5) is 0. The normalized spacial score (nSPS) is 12.8. The second-order valence-corrected chi connectivity index (χ2v) is 4.90. The minimum atomic E-state index is -0.207. The van der Waals surface area contributed by atoms with Gasteiger partial charge in [-0.25, -0.2) is 4.39 Å². The summed E-state index contributed by atoms with van der Waals surface area (Å²) < 4.78 is 13.3. The molecule has 1 unspecified atom stereocenters. The van der Waals surface area contributed by atoms with E-state index in [1.807, 2.05) is 6.92 Å². The zero-order valence-corrected chi connectivity index (χ0v) is 11.1. The van der Waals surface area contributed by atoms with E-state index in [-0.39, 0.29) is 11.9 Å². The highest BCUT2D eigenvalue weighted by atomic mass is 35.5. The maximum absolute atomic E-state index is 13.3. The first kappa shape index (κ1) is 14.4. The van der Waals surface area contributed by atoms with E-state index in [2.05, 4.69) is 5.32 Å². The predicted octanol–water partition coefficient (Wildman–Crippen LogP) is 3.00. The van der Waals surface area contributed by atoms with Gasteiger partial charge < -0.3 is 11.1 Å². The Morgan fingerprint density at radius 2 is 2.18 bits per heavy atom. The quantitative estimate of drug-likeness (QED) is 0.770. The molecule has 3 N–H and O–H groups in total. The van der Waals surface area contributed by atoms with E-state index in [0.29, 0.717) is 17.1 Å². The van der Waals surface area contributed by atoms with Gasteiger partial charge in [0.1, 0.15) is 5.82 Å². The van der Waals surface area contributed by atoms with Crippen molar-refractivity contribution in [1.82, 2.24) is 5.32 Å². The first-order chi connectivity index (χ1) is 8.00.